The molecule has 1 N–H and O–H groups in total. The Morgan fingerprint density at radius 2 is 2.19 bits per heavy atom. The molecule has 0 radical (unpaired) electrons. The molecule has 4 heteroatoms. The number of nitrogens with zero attached hydrogens (tertiary/aromatic N) is 1. The lowest BCUT2D eigenvalue weighted by Gasteiger charge is -2.07. The molecule has 0 saturated carbocycles. The van der Waals surface area contributed by atoms with Crippen LogP contribution >= 0.6 is 12.6 Å². The lowest BCUT2D eigenvalue weighted by atomic mass is 10.2. The maximum absolute atomic E-state index is 11.3. The number of nitrogens with one attached hydrogen (secondary N) is 1. The Kier molecular flexibility index (Phi) is 3.10. The molecule has 0 saturated heterocycles. The molecule has 0 fully saturated rings. The number of hydrogen-bond acceptors (Lipinski definition) is 3. The average molecular weight is 232 g/mol. The lowest BCUT2D eigenvalue weighted by molar-refractivity contribution is -0.113. The smallest absolute Gasteiger partial charge is 0.234 e. The van der Waals surface area contributed by atoms with Crippen molar-refractivity contribution >= 4 is 35.1 Å². The van der Waals surface area contributed by atoms with Gasteiger partial charge in [0.25, 0.3) is 0 Å². The van der Waals surface area contributed by atoms with E-state index in [-0.39, 0.29) is 11.7 Å². The van der Waals surface area contributed by atoms with E-state index in [0.29, 0.717) is 0 Å². The van der Waals surface area contributed by atoms with Gasteiger partial charge >= 0.3 is 0 Å². The molecule has 0 unspecified atom stereocenters. The van der Waals surface area contributed by atoms with E-state index in [4.69, 9.17) is 0 Å². The van der Waals surface area contributed by atoms with Gasteiger partial charge in [-0.15, -0.1) is 0 Å². The SMILES string of the molecule is Cc1ccc2cccc(NC(=O)CS)c2n1. The Labute approximate surface area is 99.3 Å². The molecule has 2 aromatic rings. The van der Waals surface area contributed by atoms with Crippen LogP contribution in [0.25, 0.3) is 10.9 Å². The maximum Gasteiger partial charge on any atom is 0.234 e. The first-order valence-electron chi connectivity index (χ1n) is 4.98. The predicted molar refractivity (Wildman–Crippen MR) is 69.0 cm³/mol. The Morgan fingerprint density at radius 3 is 2.94 bits per heavy atom. The Bertz CT molecular complexity index is 540. The second-order valence-electron chi connectivity index (χ2n) is 3.54. The third-order valence-electron chi connectivity index (χ3n) is 2.28. The van der Waals surface area contributed by atoms with Crippen LogP contribution in [-0.2, 0) is 4.79 Å². The van der Waals surface area contributed by atoms with Gasteiger partial charge in [-0.05, 0) is 19.1 Å². The summed E-state index contributed by atoms with van der Waals surface area (Å²) in [6, 6.07) is 9.66. The van der Waals surface area contributed by atoms with Crippen LogP contribution in [0, 0.1) is 6.92 Å². The number of amides is 1. The van der Waals surface area contributed by atoms with Crippen molar-refractivity contribution in [1.82, 2.24) is 4.98 Å². The number of para-hydroxylation sites is 1. The van der Waals surface area contributed by atoms with Crippen LogP contribution in [0.1, 0.15) is 5.69 Å². The fraction of sp³-hybridized carbons (Fsp3) is 0.167. The Hall–Kier alpha value is -1.55. The van der Waals surface area contributed by atoms with Gasteiger partial charge in [-0.25, -0.2) is 0 Å². The van der Waals surface area contributed by atoms with Gasteiger partial charge in [0.05, 0.1) is 17.0 Å². The summed E-state index contributed by atoms with van der Waals surface area (Å²) in [4.78, 5) is 15.7. The van der Waals surface area contributed by atoms with Gasteiger partial charge in [-0.3, -0.25) is 9.78 Å². The molecule has 0 aliphatic rings. The third kappa shape index (κ3) is 2.17. The molecule has 0 bridgehead atoms. The maximum atomic E-state index is 11.3. The number of aromatic nitrogens is 1. The van der Waals surface area contributed by atoms with Crippen LogP contribution in [0.5, 0.6) is 0 Å². The fourth-order valence-corrected chi connectivity index (χ4v) is 1.61. The Morgan fingerprint density at radius 1 is 1.38 bits per heavy atom. The number of anilines is 1. The number of fused-ring (bicyclic) bond motifs is 1. The second kappa shape index (κ2) is 4.53. The molecule has 2 rings (SSSR count). The van der Waals surface area contributed by atoms with Gasteiger partial charge in [0.2, 0.25) is 5.91 Å². The summed E-state index contributed by atoms with van der Waals surface area (Å²) in [5.41, 5.74) is 2.48. The largest absolute Gasteiger partial charge is 0.323 e. The topological polar surface area (TPSA) is 42.0 Å². The van der Waals surface area contributed by atoms with Crippen molar-refractivity contribution < 1.29 is 4.79 Å². The number of benzene rings is 1. The molecule has 1 amide bonds. The monoisotopic (exact) mass is 232 g/mol. The van der Waals surface area contributed by atoms with E-state index in [9.17, 15) is 4.79 Å². The molecule has 0 atom stereocenters. The van der Waals surface area contributed by atoms with Crippen molar-refractivity contribution in [2.24, 2.45) is 0 Å². The van der Waals surface area contributed by atoms with E-state index < -0.39 is 0 Å². The molecule has 1 aromatic carbocycles. The summed E-state index contributed by atoms with van der Waals surface area (Å²) in [5.74, 6) is 0.0431. The number of carbonyl (C=O) groups excluding carboxylic acids is 1. The molecule has 0 aliphatic heterocycles. The summed E-state index contributed by atoms with van der Waals surface area (Å²) >= 11 is 3.93. The van der Waals surface area contributed by atoms with E-state index >= 15 is 0 Å². The lowest BCUT2D eigenvalue weighted by Crippen LogP contribution is -2.13. The molecule has 1 aromatic heterocycles. The molecule has 3 nitrogen and oxygen atoms in total. The van der Waals surface area contributed by atoms with Crippen molar-refractivity contribution in [2.45, 2.75) is 6.92 Å². The summed E-state index contributed by atoms with van der Waals surface area (Å²) in [6.45, 7) is 1.93. The number of pyridine rings is 1. The molecule has 1 heterocycles. The van der Waals surface area contributed by atoms with Gasteiger partial charge < -0.3 is 5.32 Å². The first kappa shape index (κ1) is 11.0. The van der Waals surface area contributed by atoms with Crippen LogP contribution in [0.15, 0.2) is 30.3 Å². The highest BCUT2D eigenvalue weighted by atomic mass is 32.1. The molecule has 16 heavy (non-hydrogen) atoms. The summed E-state index contributed by atoms with van der Waals surface area (Å²) < 4.78 is 0. The van der Waals surface area contributed by atoms with Gasteiger partial charge in [0.1, 0.15) is 0 Å². The molecule has 0 spiro atoms. The molecule has 0 aliphatic carbocycles. The molecular formula is C12H12N2OS. The zero-order valence-corrected chi connectivity index (χ0v) is 9.79. The first-order valence-corrected chi connectivity index (χ1v) is 5.61. The first-order chi connectivity index (χ1) is 7.70. The van der Waals surface area contributed by atoms with Crippen LogP contribution in [0.2, 0.25) is 0 Å². The third-order valence-corrected chi connectivity index (χ3v) is 2.56. The molecule has 82 valence electrons. The number of thiol groups is 1. The zero-order valence-electron chi connectivity index (χ0n) is 8.90. The highest BCUT2D eigenvalue weighted by Gasteiger charge is 2.05. The zero-order chi connectivity index (χ0) is 11.5. The van der Waals surface area contributed by atoms with Crippen molar-refractivity contribution in [3.8, 4) is 0 Å². The standard InChI is InChI=1S/C12H12N2OS/c1-8-5-6-9-3-2-4-10(12(9)13-8)14-11(15)7-16/h2-6,16H,7H2,1H3,(H,14,15). The van der Waals surface area contributed by atoms with Crippen molar-refractivity contribution in [3.05, 3.63) is 36.0 Å². The van der Waals surface area contributed by atoms with E-state index in [2.05, 4.69) is 22.9 Å². The van der Waals surface area contributed by atoms with E-state index in [1.807, 2.05) is 37.3 Å². The number of rotatable bonds is 2. The summed E-state index contributed by atoms with van der Waals surface area (Å²) in [6.07, 6.45) is 0. The molecular weight excluding hydrogens is 220 g/mol. The van der Waals surface area contributed by atoms with Crippen molar-refractivity contribution in [1.29, 1.82) is 0 Å². The van der Waals surface area contributed by atoms with Crippen LogP contribution in [0.4, 0.5) is 5.69 Å². The number of hydrogen-bond donors (Lipinski definition) is 2. The fourth-order valence-electron chi connectivity index (χ4n) is 1.54. The minimum Gasteiger partial charge on any atom is -0.323 e. The number of aryl methyl sites for hydroxylation is 1. The van der Waals surface area contributed by atoms with E-state index in [1.165, 1.54) is 0 Å². The van der Waals surface area contributed by atoms with E-state index in [0.717, 1.165) is 22.3 Å². The van der Waals surface area contributed by atoms with E-state index in [1.54, 1.807) is 0 Å². The average Bonchev–Trinajstić information content (AvgIpc) is 2.29. The Balaban J connectivity index is 2.52. The summed E-state index contributed by atoms with van der Waals surface area (Å²) in [5, 5.41) is 3.80. The van der Waals surface area contributed by atoms with Gasteiger partial charge in [0.15, 0.2) is 0 Å². The van der Waals surface area contributed by atoms with Crippen LogP contribution in [0.3, 0.4) is 0 Å². The summed E-state index contributed by atoms with van der Waals surface area (Å²) in [7, 11) is 0. The predicted octanol–water partition coefficient (Wildman–Crippen LogP) is 2.41. The van der Waals surface area contributed by atoms with Crippen molar-refractivity contribution in [3.63, 3.8) is 0 Å². The second-order valence-corrected chi connectivity index (χ2v) is 3.85. The highest BCUT2D eigenvalue weighted by Crippen LogP contribution is 2.21. The number of carbonyl (C=O) groups is 1. The van der Waals surface area contributed by atoms with Crippen LogP contribution < -0.4 is 5.32 Å². The highest BCUT2D eigenvalue weighted by molar-refractivity contribution is 7.81. The van der Waals surface area contributed by atoms with Gasteiger partial charge in [-0.2, -0.15) is 12.6 Å². The van der Waals surface area contributed by atoms with Gasteiger partial charge in [-0.1, -0.05) is 18.2 Å². The van der Waals surface area contributed by atoms with Crippen LogP contribution in [-0.4, -0.2) is 16.6 Å². The van der Waals surface area contributed by atoms with Crippen molar-refractivity contribution in [2.75, 3.05) is 11.1 Å². The van der Waals surface area contributed by atoms with Gasteiger partial charge in [0, 0.05) is 11.1 Å². The minimum atomic E-state index is -0.126. The normalized spacial score (nSPS) is 10.4. The minimum absolute atomic E-state index is 0.126. The quantitative estimate of drug-likeness (QED) is 0.781.